The number of hydrogen-bond acceptors (Lipinski definition) is 3. The first kappa shape index (κ1) is 11.6. The molecular weight excluding hydrogens is 202 g/mol. The lowest BCUT2D eigenvalue weighted by Gasteiger charge is -2.43. The first-order valence-electron chi connectivity index (χ1n) is 6.14. The van der Waals surface area contributed by atoms with E-state index in [4.69, 9.17) is 0 Å². The fourth-order valence-corrected chi connectivity index (χ4v) is 2.25. The van der Waals surface area contributed by atoms with E-state index in [0.717, 1.165) is 45.7 Å². The maximum atomic E-state index is 11.8. The van der Waals surface area contributed by atoms with E-state index < -0.39 is 0 Å². The van der Waals surface area contributed by atoms with Crippen molar-refractivity contribution >= 4 is 5.91 Å². The van der Waals surface area contributed by atoms with E-state index in [1.807, 2.05) is 11.0 Å². The van der Waals surface area contributed by atoms with Gasteiger partial charge in [0.25, 0.3) is 0 Å². The monoisotopic (exact) mass is 223 g/mol. The van der Waals surface area contributed by atoms with Crippen LogP contribution in [0, 0.1) is 0 Å². The van der Waals surface area contributed by atoms with Gasteiger partial charge in [-0.15, -0.1) is 6.58 Å². The Morgan fingerprint density at radius 3 is 2.50 bits per heavy atom. The normalized spacial score (nSPS) is 22.9. The van der Waals surface area contributed by atoms with Gasteiger partial charge in [-0.05, 0) is 6.42 Å². The number of carbonyl (C=O) groups is 1. The lowest BCUT2D eigenvalue weighted by Crippen LogP contribution is -2.62. The average Bonchev–Trinajstić information content (AvgIpc) is 2.24. The van der Waals surface area contributed by atoms with E-state index >= 15 is 0 Å². The van der Waals surface area contributed by atoms with E-state index in [9.17, 15) is 4.79 Å². The molecule has 90 valence electrons. The van der Waals surface area contributed by atoms with Crippen molar-refractivity contribution in [1.29, 1.82) is 0 Å². The summed E-state index contributed by atoms with van der Waals surface area (Å²) in [6, 6.07) is 0.713. The largest absolute Gasteiger partial charge is 0.340 e. The Hall–Kier alpha value is -0.870. The fourth-order valence-electron chi connectivity index (χ4n) is 2.25. The zero-order valence-corrected chi connectivity index (χ0v) is 9.82. The zero-order valence-electron chi connectivity index (χ0n) is 9.82. The Morgan fingerprint density at radius 1 is 1.31 bits per heavy atom. The summed E-state index contributed by atoms with van der Waals surface area (Å²) in [6.45, 7) is 9.74. The number of carbonyl (C=O) groups excluding carboxylic acids is 1. The molecule has 4 nitrogen and oxygen atoms in total. The summed E-state index contributed by atoms with van der Waals surface area (Å²) >= 11 is 0. The molecule has 2 aliphatic rings. The van der Waals surface area contributed by atoms with Crippen molar-refractivity contribution in [2.75, 3.05) is 39.3 Å². The van der Waals surface area contributed by atoms with Gasteiger partial charge in [0.2, 0.25) is 5.91 Å². The summed E-state index contributed by atoms with van der Waals surface area (Å²) in [6.07, 6.45) is 3.23. The van der Waals surface area contributed by atoms with E-state index in [0.29, 0.717) is 12.5 Å². The van der Waals surface area contributed by atoms with Gasteiger partial charge in [-0.25, -0.2) is 0 Å². The van der Waals surface area contributed by atoms with Gasteiger partial charge in [0, 0.05) is 51.7 Å². The molecule has 4 heteroatoms. The van der Waals surface area contributed by atoms with Gasteiger partial charge < -0.3 is 10.2 Å². The number of rotatable bonds is 4. The minimum atomic E-state index is 0.284. The second-order valence-electron chi connectivity index (χ2n) is 4.56. The van der Waals surface area contributed by atoms with Crippen LogP contribution in [0.15, 0.2) is 12.7 Å². The first-order valence-corrected chi connectivity index (χ1v) is 6.14. The Labute approximate surface area is 97.3 Å². The predicted octanol–water partition coefficient (Wildman–Crippen LogP) is 0.0686. The zero-order chi connectivity index (χ0) is 11.4. The van der Waals surface area contributed by atoms with Gasteiger partial charge in [0.1, 0.15) is 0 Å². The SMILES string of the molecule is C=CCCC(=O)N1CCN(C2CNC2)CC1. The predicted molar refractivity (Wildman–Crippen MR) is 64.2 cm³/mol. The Morgan fingerprint density at radius 2 is 2.00 bits per heavy atom. The average molecular weight is 223 g/mol. The van der Waals surface area contributed by atoms with Crippen LogP contribution in [0.1, 0.15) is 12.8 Å². The molecule has 0 bridgehead atoms. The highest BCUT2D eigenvalue weighted by Crippen LogP contribution is 2.10. The van der Waals surface area contributed by atoms with Gasteiger partial charge >= 0.3 is 0 Å². The molecule has 0 unspecified atom stereocenters. The molecular formula is C12H21N3O. The van der Waals surface area contributed by atoms with Crippen LogP contribution < -0.4 is 5.32 Å². The molecule has 1 N–H and O–H groups in total. The topological polar surface area (TPSA) is 35.6 Å². The van der Waals surface area contributed by atoms with E-state index in [-0.39, 0.29) is 5.91 Å². The summed E-state index contributed by atoms with van der Waals surface area (Å²) in [5, 5.41) is 3.29. The van der Waals surface area contributed by atoms with Crippen LogP contribution in [0.2, 0.25) is 0 Å². The molecule has 1 amide bonds. The molecule has 0 aliphatic carbocycles. The summed E-state index contributed by atoms with van der Waals surface area (Å²) in [7, 11) is 0. The summed E-state index contributed by atoms with van der Waals surface area (Å²) in [4.78, 5) is 16.3. The third-order valence-corrected chi connectivity index (χ3v) is 3.51. The molecule has 0 aromatic heterocycles. The van der Waals surface area contributed by atoms with Crippen molar-refractivity contribution in [2.24, 2.45) is 0 Å². The maximum absolute atomic E-state index is 11.8. The van der Waals surface area contributed by atoms with Crippen molar-refractivity contribution in [2.45, 2.75) is 18.9 Å². The highest BCUT2D eigenvalue weighted by Gasteiger charge is 2.28. The summed E-state index contributed by atoms with van der Waals surface area (Å²) < 4.78 is 0. The number of amides is 1. The van der Waals surface area contributed by atoms with Crippen LogP contribution in [0.5, 0.6) is 0 Å². The molecule has 0 spiro atoms. The molecule has 2 saturated heterocycles. The second kappa shape index (κ2) is 5.46. The van der Waals surface area contributed by atoms with Crippen LogP contribution in [-0.2, 0) is 4.79 Å². The lowest BCUT2D eigenvalue weighted by atomic mass is 10.1. The third kappa shape index (κ3) is 2.62. The number of piperazine rings is 1. The molecule has 2 rings (SSSR count). The summed E-state index contributed by atoms with van der Waals surface area (Å²) in [5.41, 5.74) is 0. The lowest BCUT2D eigenvalue weighted by molar-refractivity contribution is -0.133. The molecule has 0 saturated carbocycles. The van der Waals surface area contributed by atoms with Crippen molar-refractivity contribution < 1.29 is 4.79 Å². The minimum absolute atomic E-state index is 0.284. The van der Waals surface area contributed by atoms with Crippen LogP contribution in [-0.4, -0.2) is 61.0 Å². The van der Waals surface area contributed by atoms with Gasteiger partial charge in [0.15, 0.2) is 0 Å². The third-order valence-electron chi connectivity index (χ3n) is 3.51. The van der Waals surface area contributed by atoms with Crippen LogP contribution in [0.25, 0.3) is 0 Å². The van der Waals surface area contributed by atoms with Gasteiger partial charge in [-0.1, -0.05) is 6.08 Å². The molecule has 0 aromatic rings. The minimum Gasteiger partial charge on any atom is -0.340 e. The van der Waals surface area contributed by atoms with Gasteiger partial charge in [-0.2, -0.15) is 0 Å². The van der Waals surface area contributed by atoms with Gasteiger partial charge in [-0.3, -0.25) is 9.69 Å². The van der Waals surface area contributed by atoms with Crippen molar-refractivity contribution in [3.8, 4) is 0 Å². The Balaban J connectivity index is 1.71. The van der Waals surface area contributed by atoms with Crippen molar-refractivity contribution in [3.63, 3.8) is 0 Å². The van der Waals surface area contributed by atoms with E-state index in [1.165, 1.54) is 0 Å². The smallest absolute Gasteiger partial charge is 0.222 e. The highest BCUT2D eigenvalue weighted by atomic mass is 16.2. The molecule has 0 atom stereocenters. The molecule has 16 heavy (non-hydrogen) atoms. The van der Waals surface area contributed by atoms with Crippen LogP contribution in [0.3, 0.4) is 0 Å². The number of nitrogens with one attached hydrogen (secondary N) is 1. The molecule has 0 radical (unpaired) electrons. The number of allylic oxidation sites excluding steroid dienone is 1. The van der Waals surface area contributed by atoms with Crippen molar-refractivity contribution in [3.05, 3.63) is 12.7 Å². The molecule has 2 fully saturated rings. The Kier molecular flexibility index (Phi) is 3.96. The molecule has 0 aromatic carbocycles. The van der Waals surface area contributed by atoms with Gasteiger partial charge in [0.05, 0.1) is 0 Å². The number of nitrogens with zero attached hydrogens (tertiary/aromatic N) is 2. The standard InChI is InChI=1S/C12H21N3O/c1-2-3-4-12(16)15-7-5-14(6-8-15)11-9-13-10-11/h2,11,13H,1,3-10H2. The van der Waals surface area contributed by atoms with E-state index in [1.54, 1.807) is 0 Å². The highest BCUT2D eigenvalue weighted by molar-refractivity contribution is 5.76. The Bertz CT molecular complexity index is 255. The molecule has 2 aliphatic heterocycles. The first-order chi connectivity index (χ1) is 7.81. The van der Waals surface area contributed by atoms with Crippen molar-refractivity contribution in [1.82, 2.24) is 15.1 Å². The second-order valence-corrected chi connectivity index (χ2v) is 4.56. The summed E-state index contributed by atoms with van der Waals surface area (Å²) in [5.74, 6) is 0.284. The van der Waals surface area contributed by atoms with Crippen LogP contribution >= 0.6 is 0 Å². The number of hydrogen-bond donors (Lipinski definition) is 1. The maximum Gasteiger partial charge on any atom is 0.222 e. The quantitative estimate of drug-likeness (QED) is 0.685. The van der Waals surface area contributed by atoms with Crippen LogP contribution in [0.4, 0.5) is 0 Å². The molecule has 2 heterocycles. The fraction of sp³-hybridized carbons (Fsp3) is 0.750. The van der Waals surface area contributed by atoms with E-state index in [2.05, 4.69) is 16.8 Å².